The molecule has 23 heavy (non-hydrogen) atoms. The summed E-state index contributed by atoms with van der Waals surface area (Å²) in [6.45, 7) is 2.21. The van der Waals surface area contributed by atoms with Crippen LogP contribution in [0.5, 0.6) is 11.5 Å². The summed E-state index contributed by atoms with van der Waals surface area (Å²) in [7, 11) is 0. The van der Waals surface area contributed by atoms with E-state index in [4.69, 9.17) is 4.74 Å². The van der Waals surface area contributed by atoms with Crippen molar-refractivity contribution in [3.05, 3.63) is 53.6 Å². The van der Waals surface area contributed by atoms with Crippen LogP contribution in [0.4, 0.5) is 5.69 Å². The summed E-state index contributed by atoms with van der Waals surface area (Å²) in [4.78, 5) is 25.6. The third kappa shape index (κ3) is 2.54. The average Bonchev–Trinajstić information content (AvgIpc) is 3.18. The number of carbonyl (C=O) groups is 2. The van der Waals surface area contributed by atoms with Gasteiger partial charge in [-0.2, -0.15) is 0 Å². The van der Waals surface area contributed by atoms with Gasteiger partial charge >= 0.3 is 0 Å². The largest absolute Gasteiger partial charge is 0.457 e. The number of amides is 2. The summed E-state index contributed by atoms with van der Waals surface area (Å²) >= 11 is 0. The van der Waals surface area contributed by atoms with Crippen LogP contribution >= 0.6 is 0 Å². The van der Waals surface area contributed by atoms with E-state index >= 15 is 0 Å². The second-order valence-corrected chi connectivity index (χ2v) is 5.78. The number of rotatable bonds is 3. The molecular weight excluding hydrogens is 292 g/mol. The van der Waals surface area contributed by atoms with Crippen molar-refractivity contribution in [3.63, 3.8) is 0 Å². The van der Waals surface area contributed by atoms with Crippen molar-refractivity contribution in [2.45, 2.75) is 12.8 Å². The number of nitrogens with zero attached hydrogens (tertiary/aromatic N) is 1. The molecule has 2 aliphatic heterocycles. The van der Waals surface area contributed by atoms with Crippen molar-refractivity contribution in [2.75, 3.05) is 18.0 Å². The number of anilines is 1. The lowest BCUT2D eigenvalue weighted by molar-refractivity contribution is 0.0879. The van der Waals surface area contributed by atoms with E-state index in [1.807, 2.05) is 24.3 Å². The lowest BCUT2D eigenvalue weighted by Crippen LogP contribution is -2.19. The molecule has 2 aromatic rings. The normalized spacial score (nSPS) is 16.4. The molecule has 0 bridgehead atoms. The Kier molecular flexibility index (Phi) is 3.26. The smallest absolute Gasteiger partial charge is 0.259 e. The molecule has 5 nitrogen and oxygen atoms in total. The van der Waals surface area contributed by atoms with E-state index in [0.29, 0.717) is 22.6 Å². The minimum absolute atomic E-state index is 0.355. The van der Waals surface area contributed by atoms with E-state index in [1.165, 1.54) is 18.5 Å². The van der Waals surface area contributed by atoms with Gasteiger partial charge in [0.15, 0.2) is 0 Å². The second kappa shape index (κ2) is 5.43. The van der Waals surface area contributed by atoms with Gasteiger partial charge in [0.05, 0.1) is 11.1 Å². The number of nitrogens with one attached hydrogen (secondary N) is 1. The molecule has 0 aliphatic carbocycles. The number of hydrogen-bond acceptors (Lipinski definition) is 4. The van der Waals surface area contributed by atoms with E-state index in [-0.39, 0.29) is 11.8 Å². The third-order valence-electron chi connectivity index (χ3n) is 4.25. The number of benzene rings is 2. The molecule has 5 heteroatoms. The van der Waals surface area contributed by atoms with Crippen LogP contribution in [0.15, 0.2) is 42.5 Å². The maximum absolute atomic E-state index is 11.7. The summed E-state index contributed by atoms with van der Waals surface area (Å²) in [6.07, 6.45) is 2.49. The van der Waals surface area contributed by atoms with Gasteiger partial charge < -0.3 is 9.64 Å². The molecule has 2 aliphatic rings. The average molecular weight is 308 g/mol. The van der Waals surface area contributed by atoms with Gasteiger partial charge in [-0.05, 0) is 55.3 Å². The van der Waals surface area contributed by atoms with Gasteiger partial charge in [-0.25, -0.2) is 0 Å². The highest BCUT2D eigenvalue weighted by Crippen LogP contribution is 2.28. The standard InChI is InChI=1S/C18H16N2O3/c21-17-15-8-7-14(11-16(15)18(22)19-17)23-13-5-3-12(4-6-13)20-9-1-2-10-20/h3-8,11H,1-2,9-10H2,(H,19,21,22). The molecule has 0 atom stereocenters. The van der Waals surface area contributed by atoms with E-state index in [0.717, 1.165) is 13.1 Å². The lowest BCUT2D eigenvalue weighted by Gasteiger charge is -2.17. The fraction of sp³-hybridized carbons (Fsp3) is 0.222. The van der Waals surface area contributed by atoms with E-state index in [1.54, 1.807) is 18.2 Å². The van der Waals surface area contributed by atoms with E-state index < -0.39 is 0 Å². The topological polar surface area (TPSA) is 58.6 Å². The van der Waals surface area contributed by atoms with Crippen LogP contribution in [0.2, 0.25) is 0 Å². The lowest BCUT2D eigenvalue weighted by atomic mass is 10.1. The maximum atomic E-state index is 11.7. The van der Waals surface area contributed by atoms with Gasteiger partial charge in [-0.1, -0.05) is 0 Å². The highest BCUT2D eigenvalue weighted by Gasteiger charge is 2.26. The Hall–Kier alpha value is -2.82. The zero-order valence-electron chi connectivity index (χ0n) is 12.5. The number of fused-ring (bicyclic) bond motifs is 1. The van der Waals surface area contributed by atoms with Gasteiger partial charge in [0.1, 0.15) is 11.5 Å². The predicted molar refractivity (Wildman–Crippen MR) is 86.2 cm³/mol. The zero-order valence-corrected chi connectivity index (χ0v) is 12.5. The summed E-state index contributed by atoms with van der Waals surface area (Å²) in [5.41, 5.74) is 1.96. The molecule has 2 amide bonds. The molecular formula is C18H16N2O3. The Labute approximate surface area is 133 Å². The molecule has 2 heterocycles. The monoisotopic (exact) mass is 308 g/mol. The van der Waals surface area contributed by atoms with Gasteiger partial charge in [0.2, 0.25) is 0 Å². The Morgan fingerprint density at radius 3 is 2.22 bits per heavy atom. The molecule has 1 saturated heterocycles. The van der Waals surface area contributed by atoms with Crippen LogP contribution < -0.4 is 15.0 Å². The van der Waals surface area contributed by atoms with Crippen LogP contribution in [0, 0.1) is 0 Å². The molecule has 0 unspecified atom stereocenters. The predicted octanol–water partition coefficient (Wildman–Crippen LogP) is 2.96. The molecule has 0 saturated carbocycles. The first kappa shape index (κ1) is 13.8. The minimum Gasteiger partial charge on any atom is -0.457 e. The van der Waals surface area contributed by atoms with Crippen LogP contribution in [0.3, 0.4) is 0 Å². The van der Waals surface area contributed by atoms with Crippen molar-refractivity contribution in [1.82, 2.24) is 5.32 Å². The highest BCUT2D eigenvalue weighted by atomic mass is 16.5. The Balaban J connectivity index is 1.53. The highest BCUT2D eigenvalue weighted by molar-refractivity contribution is 6.21. The van der Waals surface area contributed by atoms with E-state index in [2.05, 4.69) is 10.2 Å². The van der Waals surface area contributed by atoms with Crippen molar-refractivity contribution in [2.24, 2.45) is 0 Å². The maximum Gasteiger partial charge on any atom is 0.259 e. The molecule has 0 aromatic heterocycles. The van der Waals surface area contributed by atoms with E-state index in [9.17, 15) is 9.59 Å². The quantitative estimate of drug-likeness (QED) is 0.886. The SMILES string of the molecule is O=C1NC(=O)c2cc(Oc3ccc(N4CCCC4)cc3)ccc21. The molecule has 1 N–H and O–H groups in total. The number of carbonyl (C=O) groups excluding carboxylic acids is 2. The van der Waals surface area contributed by atoms with Crippen LogP contribution in [0.25, 0.3) is 0 Å². The first-order chi connectivity index (χ1) is 11.2. The summed E-state index contributed by atoms with van der Waals surface area (Å²) in [6, 6.07) is 12.9. The van der Waals surface area contributed by atoms with Gasteiger partial charge in [0.25, 0.3) is 11.8 Å². The Morgan fingerprint density at radius 1 is 0.826 bits per heavy atom. The zero-order chi connectivity index (χ0) is 15.8. The van der Waals surface area contributed by atoms with Crippen molar-refractivity contribution in [3.8, 4) is 11.5 Å². The Morgan fingerprint density at radius 2 is 1.48 bits per heavy atom. The molecule has 116 valence electrons. The van der Waals surface area contributed by atoms with Crippen molar-refractivity contribution >= 4 is 17.5 Å². The second-order valence-electron chi connectivity index (χ2n) is 5.78. The van der Waals surface area contributed by atoms with Gasteiger partial charge in [-0.3, -0.25) is 14.9 Å². The van der Waals surface area contributed by atoms with Crippen molar-refractivity contribution < 1.29 is 14.3 Å². The third-order valence-corrected chi connectivity index (χ3v) is 4.25. The summed E-state index contributed by atoms with van der Waals surface area (Å²) in [5, 5.41) is 2.27. The van der Waals surface area contributed by atoms with Crippen molar-refractivity contribution in [1.29, 1.82) is 0 Å². The van der Waals surface area contributed by atoms with Crippen LogP contribution in [0.1, 0.15) is 33.6 Å². The van der Waals surface area contributed by atoms with Gasteiger partial charge in [-0.15, -0.1) is 0 Å². The molecule has 0 spiro atoms. The molecule has 0 radical (unpaired) electrons. The summed E-state index contributed by atoms with van der Waals surface area (Å²) < 4.78 is 5.80. The number of hydrogen-bond donors (Lipinski definition) is 1. The molecule has 2 aromatic carbocycles. The molecule has 4 rings (SSSR count). The molecule has 1 fully saturated rings. The first-order valence-corrected chi connectivity index (χ1v) is 7.73. The van der Waals surface area contributed by atoms with Crippen LogP contribution in [-0.4, -0.2) is 24.9 Å². The number of ether oxygens (including phenoxy) is 1. The fourth-order valence-corrected chi connectivity index (χ4v) is 3.05. The fourth-order valence-electron chi connectivity index (χ4n) is 3.05. The van der Waals surface area contributed by atoms with Crippen LogP contribution in [-0.2, 0) is 0 Å². The summed E-state index contributed by atoms with van der Waals surface area (Å²) in [5.74, 6) is 0.520. The first-order valence-electron chi connectivity index (χ1n) is 7.73. The Bertz CT molecular complexity index is 777. The number of imide groups is 1. The van der Waals surface area contributed by atoms with Gasteiger partial charge in [0, 0.05) is 18.8 Å². The minimum atomic E-state index is -0.375.